The van der Waals surface area contributed by atoms with Crippen molar-refractivity contribution < 1.29 is 17.6 Å². The first-order chi connectivity index (χ1) is 10.3. The van der Waals surface area contributed by atoms with E-state index in [0.29, 0.717) is 23.8 Å². The molecule has 1 N–H and O–H groups in total. The summed E-state index contributed by atoms with van der Waals surface area (Å²) >= 11 is 0. The molecule has 0 aliphatic carbocycles. The molecule has 0 fully saturated rings. The Hall–Kier alpha value is -1.86. The Morgan fingerprint density at radius 3 is 2.59 bits per heavy atom. The lowest BCUT2D eigenvalue weighted by Gasteiger charge is -2.11. The van der Waals surface area contributed by atoms with Gasteiger partial charge in [0, 0.05) is 19.9 Å². The first-order valence-corrected chi connectivity index (χ1v) is 8.39. The van der Waals surface area contributed by atoms with E-state index in [2.05, 4.69) is 9.71 Å². The van der Waals surface area contributed by atoms with Crippen molar-refractivity contribution in [3.63, 3.8) is 0 Å². The molecule has 0 atom stereocenters. The van der Waals surface area contributed by atoms with Gasteiger partial charge < -0.3 is 9.15 Å². The maximum atomic E-state index is 12.4. The van der Waals surface area contributed by atoms with E-state index in [1.807, 2.05) is 13.8 Å². The summed E-state index contributed by atoms with van der Waals surface area (Å²) in [7, 11) is -2.19. The van der Waals surface area contributed by atoms with E-state index in [9.17, 15) is 8.42 Å². The number of hydrogen-bond donors (Lipinski definition) is 1. The van der Waals surface area contributed by atoms with Crippen LogP contribution in [0.25, 0.3) is 0 Å². The predicted molar refractivity (Wildman–Crippen MR) is 82.6 cm³/mol. The molecular formula is C15H20N2O4S. The molecule has 6 nitrogen and oxygen atoms in total. The second kappa shape index (κ2) is 6.50. The Morgan fingerprint density at radius 2 is 2.00 bits per heavy atom. The minimum Gasteiger partial charge on any atom is -0.495 e. The number of rotatable bonds is 6. The summed E-state index contributed by atoms with van der Waals surface area (Å²) in [5, 5.41) is 0. The van der Waals surface area contributed by atoms with E-state index in [0.717, 1.165) is 11.3 Å². The van der Waals surface area contributed by atoms with Crippen LogP contribution in [0.1, 0.15) is 22.9 Å². The van der Waals surface area contributed by atoms with Crippen LogP contribution in [0.15, 0.2) is 27.5 Å². The van der Waals surface area contributed by atoms with Crippen molar-refractivity contribution in [2.45, 2.75) is 32.1 Å². The van der Waals surface area contributed by atoms with Gasteiger partial charge in [-0.15, -0.1) is 0 Å². The van der Waals surface area contributed by atoms with Crippen LogP contribution in [-0.4, -0.2) is 27.1 Å². The van der Waals surface area contributed by atoms with Gasteiger partial charge in [-0.05, 0) is 31.5 Å². The summed E-state index contributed by atoms with van der Waals surface area (Å²) in [5.74, 6) is 1.59. The standard InChI is InChI=1S/C15H20N2O4S/c1-10-5-6-14(20-4)15(9-10)22(18,19)16-8-7-13-11(2)17-12(3)21-13/h5-6,9,16H,7-8H2,1-4H3. The maximum absolute atomic E-state index is 12.4. The molecule has 1 aromatic heterocycles. The molecule has 0 aliphatic heterocycles. The van der Waals surface area contributed by atoms with Gasteiger partial charge in [0.1, 0.15) is 16.4 Å². The molecule has 0 aliphatic rings. The second-order valence-corrected chi connectivity index (χ2v) is 6.78. The summed E-state index contributed by atoms with van der Waals surface area (Å²) in [5.41, 5.74) is 1.63. The number of oxazole rings is 1. The zero-order valence-electron chi connectivity index (χ0n) is 13.1. The number of nitrogens with one attached hydrogen (secondary N) is 1. The quantitative estimate of drug-likeness (QED) is 0.880. The average molecular weight is 324 g/mol. The molecule has 1 heterocycles. The fraction of sp³-hybridized carbons (Fsp3) is 0.400. The molecule has 0 amide bonds. The van der Waals surface area contributed by atoms with Gasteiger partial charge in [0.25, 0.3) is 0 Å². The van der Waals surface area contributed by atoms with E-state index in [1.54, 1.807) is 25.1 Å². The first kappa shape index (κ1) is 16.5. The second-order valence-electron chi connectivity index (χ2n) is 5.04. The Labute approximate surface area is 130 Å². The Morgan fingerprint density at radius 1 is 1.27 bits per heavy atom. The lowest BCUT2D eigenvalue weighted by atomic mass is 10.2. The zero-order chi connectivity index (χ0) is 16.3. The summed E-state index contributed by atoms with van der Waals surface area (Å²) in [6.07, 6.45) is 0.444. The first-order valence-electron chi connectivity index (χ1n) is 6.90. The van der Waals surface area contributed by atoms with Crippen molar-refractivity contribution in [2.75, 3.05) is 13.7 Å². The van der Waals surface area contributed by atoms with Gasteiger partial charge >= 0.3 is 0 Å². The summed E-state index contributed by atoms with van der Waals surface area (Å²) in [6, 6.07) is 5.04. The average Bonchev–Trinajstić information content (AvgIpc) is 2.77. The molecule has 2 aromatic rings. The van der Waals surface area contributed by atoms with Crippen LogP contribution in [0.5, 0.6) is 5.75 Å². The molecule has 2 rings (SSSR count). The lowest BCUT2D eigenvalue weighted by Crippen LogP contribution is -2.26. The smallest absolute Gasteiger partial charge is 0.244 e. The Kier molecular flexibility index (Phi) is 4.87. The van der Waals surface area contributed by atoms with Gasteiger partial charge in [0.2, 0.25) is 10.0 Å². The predicted octanol–water partition coefficient (Wildman–Crippen LogP) is 2.13. The molecular weight excluding hydrogens is 304 g/mol. The number of aryl methyl sites for hydroxylation is 3. The maximum Gasteiger partial charge on any atom is 0.244 e. The van der Waals surface area contributed by atoms with Crippen LogP contribution in [0.2, 0.25) is 0 Å². The van der Waals surface area contributed by atoms with E-state index in [4.69, 9.17) is 9.15 Å². The van der Waals surface area contributed by atoms with Crippen molar-refractivity contribution in [3.8, 4) is 5.75 Å². The lowest BCUT2D eigenvalue weighted by molar-refractivity contribution is 0.402. The van der Waals surface area contributed by atoms with Gasteiger partial charge in [-0.25, -0.2) is 18.1 Å². The van der Waals surface area contributed by atoms with E-state index >= 15 is 0 Å². The number of sulfonamides is 1. The van der Waals surface area contributed by atoms with Gasteiger partial charge in [-0.3, -0.25) is 0 Å². The highest BCUT2D eigenvalue weighted by atomic mass is 32.2. The topological polar surface area (TPSA) is 81.4 Å². The summed E-state index contributed by atoms with van der Waals surface area (Å²) in [6.45, 7) is 5.66. The molecule has 0 spiro atoms. The normalized spacial score (nSPS) is 11.6. The van der Waals surface area contributed by atoms with E-state index < -0.39 is 10.0 Å². The highest BCUT2D eigenvalue weighted by molar-refractivity contribution is 7.89. The minimum absolute atomic E-state index is 0.139. The molecule has 7 heteroatoms. The van der Waals surface area contributed by atoms with Gasteiger partial charge in [0.15, 0.2) is 5.89 Å². The fourth-order valence-corrected chi connectivity index (χ4v) is 3.46. The largest absolute Gasteiger partial charge is 0.495 e. The molecule has 0 saturated heterocycles. The number of hydrogen-bond acceptors (Lipinski definition) is 5. The van der Waals surface area contributed by atoms with Crippen LogP contribution in [0, 0.1) is 20.8 Å². The summed E-state index contributed by atoms with van der Waals surface area (Å²) < 4.78 is 37.9. The Balaban J connectivity index is 2.11. The van der Waals surface area contributed by atoms with Gasteiger partial charge in [-0.2, -0.15) is 0 Å². The number of benzene rings is 1. The van der Waals surface area contributed by atoms with Crippen molar-refractivity contribution in [1.82, 2.24) is 9.71 Å². The SMILES string of the molecule is COc1ccc(C)cc1S(=O)(=O)NCCc1oc(C)nc1C. The third-order valence-electron chi connectivity index (χ3n) is 3.25. The van der Waals surface area contributed by atoms with Crippen LogP contribution in [-0.2, 0) is 16.4 Å². The number of ether oxygens (including phenoxy) is 1. The molecule has 0 saturated carbocycles. The zero-order valence-corrected chi connectivity index (χ0v) is 14.0. The van der Waals surface area contributed by atoms with Crippen LogP contribution < -0.4 is 9.46 Å². The van der Waals surface area contributed by atoms with Gasteiger partial charge in [0.05, 0.1) is 12.8 Å². The van der Waals surface area contributed by atoms with Crippen LogP contribution >= 0.6 is 0 Å². The molecule has 0 bridgehead atoms. The molecule has 120 valence electrons. The highest BCUT2D eigenvalue weighted by Gasteiger charge is 2.19. The number of methoxy groups -OCH3 is 1. The molecule has 22 heavy (non-hydrogen) atoms. The van der Waals surface area contributed by atoms with E-state index in [-0.39, 0.29) is 11.4 Å². The third kappa shape index (κ3) is 3.66. The third-order valence-corrected chi connectivity index (χ3v) is 4.73. The molecule has 1 aromatic carbocycles. The van der Waals surface area contributed by atoms with Crippen molar-refractivity contribution in [3.05, 3.63) is 41.1 Å². The van der Waals surface area contributed by atoms with Crippen molar-refractivity contribution in [1.29, 1.82) is 0 Å². The number of nitrogens with zero attached hydrogens (tertiary/aromatic N) is 1. The van der Waals surface area contributed by atoms with Crippen molar-refractivity contribution in [2.24, 2.45) is 0 Å². The van der Waals surface area contributed by atoms with Crippen molar-refractivity contribution >= 4 is 10.0 Å². The van der Waals surface area contributed by atoms with Crippen LogP contribution in [0.3, 0.4) is 0 Å². The van der Waals surface area contributed by atoms with Crippen LogP contribution in [0.4, 0.5) is 0 Å². The number of aromatic nitrogens is 1. The fourth-order valence-electron chi connectivity index (χ4n) is 2.18. The van der Waals surface area contributed by atoms with E-state index in [1.165, 1.54) is 7.11 Å². The van der Waals surface area contributed by atoms with Gasteiger partial charge in [-0.1, -0.05) is 6.07 Å². The Bertz CT molecular complexity index is 766. The monoisotopic (exact) mass is 324 g/mol. The molecule has 0 unspecified atom stereocenters. The summed E-state index contributed by atoms with van der Waals surface area (Å²) in [4.78, 5) is 4.30. The highest BCUT2D eigenvalue weighted by Crippen LogP contribution is 2.24. The minimum atomic E-state index is -3.64. The molecule has 0 radical (unpaired) electrons.